The zero-order valence-electron chi connectivity index (χ0n) is 15.2. The van der Waals surface area contributed by atoms with Gasteiger partial charge in [-0.2, -0.15) is 0 Å². The van der Waals surface area contributed by atoms with Crippen LogP contribution in [0.15, 0.2) is 48.9 Å². The first-order chi connectivity index (χ1) is 13.3. The number of aromatic nitrogens is 2. The molecular formula is C21H24N4O2. The third kappa shape index (κ3) is 4.28. The molecule has 3 aromatic rings. The molecule has 3 N–H and O–H groups in total. The highest BCUT2D eigenvalue weighted by Crippen LogP contribution is 2.18. The zero-order valence-corrected chi connectivity index (χ0v) is 15.2. The van der Waals surface area contributed by atoms with Gasteiger partial charge in [0.05, 0.1) is 17.4 Å². The van der Waals surface area contributed by atoms with Crippen LogP contribution in [0.25, 0.3) is 10.9 Å². The van der Waals surface area contributed by atoms with E-state index in [0.717, 1.165) is 43.6 Å². The van der Waals surface area contributed by atoms with Crippen molar-refractivity contribution >= 4 is 22.5 Å². The highest BCUT2D eigenvalue weighted by molar-refractivity contribution is 5.94. The standard InChI is InChI=1S/C21H24N4O2/c26-21(25-14-18-4-3-9-27-18)16-10-17(13-22-11-16)23-8-7-15-12-24-20-6-2-1-5-19(15)20/h1-2,5-6,10-13,18,23-24H,3-4,7-9,14H2,(H,25,26). The number of anilines is 1. The van der Waals surface area contributed by atoms with Gasteiger partial charge in [-0.05, 0) is 37.0 Å². The Morgan fingerprint density at radius 3 is 3.11 bits per heavy atom. The van der Waals surface area contributed by atoms with Crippen molar-refractivity contribution in [2.24, 2.45) is 0 Å². The summed E-state index contributed by atoms with van der Waals surface area (Å²) in [6, 6.07) is 10.1. The molecule has 1 aliphatic rings. The number of benzene rings is 1. The highest BCUT2D eigenvalue weighted by Gasteiger charge is 2.16. The van der Waals surface area contributed by atoms with E-state index in [-0.39, 0.29) is 12.0 Å². The lowest BCUT2D eigenvalue weighted by Gasteiger charge is -2.11. The molecule has 1 amide bonds. The molecule has 1 fully saturated rings. The van der Waals surface area contributed by atoms with E-state index in [4.69, 9.17) is 4.74 Å². The maximum atomic E-state index is 12.3. The Hall–Kier alpha value is -2.86. The number of carbonyl (C=O) groups is 1. The fraction of sp³-hybridized carbons (Fsp3) is 0.333. The maximum absolute atomic E-state index is 12.3. The minimum atomic E-state index is -0.113. The third-order valence-electron chi connectivity index (χ3n) is 4.91. The molecule has 140 valence electrons. The number of H-pyrrole nitrogens is 1. The van der Waals surface area contributed by atoms with Crippen LogP contribution in [0.1, 0.15) is 28.8 Å². The Bertz CT molecular complexity index is 915. The molecule has 4 rings (SSSR count). The summed E-state index contributed by atoms with van der Waals surface area (Å²) in [4.78, 5) is 19.8. The van der Waals surface area contributed by atoms with Gasteiger partial charge in [0.2, 0.25) is 0 Å². The zero-order chi connectivity index (χ0) is 18.5. The lowest BCUT2D eigenvalue weighted by molar-refractivity contribution is 0.0857. The van der Waals surface area contributed by atoms with E-state index in [1.54, 1.807) is 12.4 Å². The average Bonchev–Trinajstić information content (AvgIpc) is 3.37. The van der Waals surface area contributed by atoms with Gasteiger partial charge in [-0.1, -0.05) is 18.2 Å². The number of nitrogens with zero attached hydrogens (tertiary/aromatic N) is 1. The van der Waals surface area contributed by atoms with Gasteiger partial charge in [0.25, 0.3) is 5.91 Å². The van der Waals surface area contributed by atoms with Crippen molar-refractivity contribution in [3.05, 3.63) is 60.0 Å². The van der Waals surface area contributed by atoms with Crippen molar-refractivity contribution in [2.75, 3.05) is 25.0 Å². The average molecular weight is 364 g/mol. The molecule has 1 aromatic carbocycles. The van der Waals surface area contributed by atoms with Crippen LogP contribution in [0.3, 0.4) is 0 Å². The molecule has 0 spiro atoms. The van der Waals surface area contributed by atoms with Crippen molar-refractivity contribution < 1.29 is 9.53 Å². The normalized spacial score (nSPS) is 16.5. The van der Waals surface area contributed by atoms with Crippen LogP contribution >= 0.6 is 0 Å². The largest absolute Gasteiger partial charge is 0.383 e. The van der Waals surface area contributed by atoms with Crippen LogP contribution in [0.5, 0.6) is 0 Å². The topological polar surface area (TPSA) is 79.0 Å². The smallest absolute Gasteiger partial charge is 0.253 e. The Morgan fingerprint density at radius 2 is 2.22 bits per heavy atom. The van der Waals surface area contributed by atoms with Crippen LogP contribution < -0.4 is 10.6 Å². The van der Waals surface area contributed by atoms with Crippen LogP contribution in [-0.2, 0) is 11.2 Å². The number of carbonyl (C=O) groups excluding carboxylic acids is 1. The number of hydrogen-bond acceptors (Lipinski definition) is 4. The van der Waals surface area contributed by atoms with Gasteiger partial charge in [0.15, 0.2) is 0 Å². The van der Waals surface area contributed by atoms with E-state index >= 15 is 0 Å². The minimum absolute atomic E-state index is 0.113. The van der Waals surface area contributed by atoms with Crippen LogP contribution in [0.2, 0.25) is 0 Å². The first-order valence-corrected chi connectivity index (χ1v) is 9.43. The molecule has 0 aliphatic carbocycles. The van der Waals surface area contributed by atoms with Crippen molar-refractivity contribution in [3.63, 3.8) is 0 Å². The summed E-state index contributed by atoms with van der Waals surface area (Å²) in [7, 11) is 0. The molecule has 0 saturated carbocycles. The number of aromatic amines is 1. The third-order valence-corrected chi connectivity index (χ3v) is 4.91. The predicted octanol–water partition coefficient (Wildman–Crippen LogP) is 3.13. The fourth-order valence-corrected chi connectivity index (χ4v) is 3.45. The second-order valence-corrected chi connectivity index (χ2v) is 6.84. The summed E-state index contributed by atoms with van der Waals surface area (Å²) < 4.78 is 5.54. The number of amides is 1. The monoisotopic (exact) mass is 364 g/mol. The van der Waals surface area contributed by atoms with Crippen LogP contribution in [0, 0.1) is 0 Å². The van der Waals surface area contributed by atoms with Gasteiger partial charge in [0, 0.05) is 49.2 Å². The number of pyridine rings is 1. The minimum Gasteiger partial charge on any atom is -0.383 e. The van der Waals surface area contributed by atoms with Crippen molar-refractivity contribution in [2.45, 2.75) is 25.4 Å². The maximum Gasteiger partial charge on any atom is 0.253 e. The highest BCUT2D eigenvalue weighted by atomic mass is 16.5. The quantitative estimate of drug-likeness (QED) is 0.602. The Balaban J connectivity index is 1.31. The van der Waals surface area contributed by atoms with Gasteiger partial charge in [-0.3, -0.25) is 9.78 Å². The lowest BCUT2D eigenvalue weighted by Crippen LogP contribution is -2.31. The number of rotatable bonds is 7. The second-order valence-electron chi connectivity index (χ2n) is 6.84. The molecule has 6 nitrogen and oxygen atoms in total. The summed E-state index contributed by atoms with van der Waals surface area (Å²) in [5.41, 5.74) is 3.83. The van der Waals surface area contributed by atoms with E-state index in [2.05, 4.69) is 45.0 Å². The molecular weight excluding hydrogens is 340 g/mol. The van der Waals surface area contributed by atoms with E-state index in [1.165, 1.54) is 10.9 Å². The summed E-state index contributed by atoms with van der Waals surface area (Å²) in [6.07, 6.45) is 8.49. The van der Waals surface area contributed by atoms with Gasteiger partial charge in [-0.25, -0.2) is 0 Å². The first kappa shape index (κ1) is 17.5. The SMILES string of the molecule is O=C(NCC1CCCO1)c1cncc(NCCc2c[nH]c3ccccc23)c1. The number of hydrogen-bond donors (Lipinski definition) is 3. The number of nitrogens with one attached hydrogen (secondary N) is 3. The molecule has 2 aromatic heterocycles. The molecule has 1 saturated heterocycles. The van der Waals surface area contributed by atoms with Crippen molar-refractivity contribution in [3.8, 4) is 0 Å². The molecule has 1 unspecified atom stereocenters. The second kappa shape index (κ2) is 8.22. The van der Waals surface area contributed by atoms with E-state index in [9.17, 15) is 4.79 Å². The number of fused-ring (bicyclic) bond motifs is 1. The predicted molar refractivity (Wildman–Crippen MR) is 106 cm³/mol. The van der Waals surface area contributed by atoms with Gasteiger partial charge in [-0.15, -0.1) is 0 Å². The van der Waals surface area contributed by atoms with Crippen molar-refractivity contribution in [1.82, 2.24) is 15.3 Å². The molecule has 0 bridgehead atoms. The molecule has 27 heavy (non-hydrogen) atoms. The van der Waals surface area contributed by atoms with Crippen LogP contribution in [0.4, 0.5) is 5.69 Å². The molecule has 1 aliphatic heterocycles. The Kier molecular flexibility index (Phi) is 5.34. The van der Waals surface area contributed by atoms with E-state index in [1.807, 2.05) is 12.1 Å². The van der Waals surface area contributed by atoms with Gasteiger partial charge < -0.3 is 20.4 Å². The van der Waals surface area contributed by atoms with Crippen LogP contribution in [-0.4, -0.2) is 41.7 Å². The first-order valence-electron chi connectivity index (χ1n) is 9.43. The molecule has 1 atom stereocenters. The Labute approximate surface area is 158 Å². The Morgan fingerprint density at radius 1 is 1.30 bits per heavy atom. The van der Waals surface area contributed by atoms with Gasteiger partial charge >= 0.3 is 0 Å². The summed E-state index contributed by atoms with van der Waals surface area (Å²) in [5, 5.41) is 7.54. The lowest BCUT2D eigenvalue weighted by atomic mass is 10.1. The number of para-hydroxylation sites is 1. The molecule has 6 heteroatoms. The summed E-state index contributed by atoms with van der Waals surface area (Å²) in [5.74, 6) is -0.113. The number of ether oxygens (including phenoxy) is 1. The van der Waals surface area contributed by atoms with E-state index in [0.29, 0.717) is 12.1 Å². The van der Waals surface area contributed by atoms with E-state index < -0.39 is 0 Å². The fourth-order valence-electron chi connectivity index (χ4n) is 3.45. The summed E-state index contributed by atoms with van der Waals surface area (Å²) >= 11 is 0. The van der Waals surface area contributed by atoms with Gasteiger partial charge in [0.1, 0.15) is 0 Å². The summed E-state index contributed by atoms with van der Waals surface area (Å²) in [6.45, 7) is 2.11. The molecule has 0 radical (unpaired) electrons. The molecule has 3 heterocycles. The van der Waals surface area contributed by atoms with Crippen molar-refractivity contribution in [1.29, 1.82) is 0 Å².